The quantitative estimate of drug-likeness (QED) is 0.513. The van der Waals surface area contributed by atoms with E-state index in [0.29, 0.717) is 0 Å². The van der Waals surface area contributed by atoms with E-state index in [1.54, 1.807) is 0 Å². The number of nitrogens with zero attached hydrogens (tertiary/aromatic N) is 7. The summed E-state index contributed by atoms with van der Waals surface area (Å²) in [7, 11) is 6.07. The highest BCUT2D eigenvalue weighted by Gasteiger charge is 2.03. The van der Waals surface area contributed by atoms with Gasteiger partial charge in [-0.15, -0.1) is 0 Å². The van der Waals surface area contributed by atoms with Crippen molar-refractivity contribution in [3.05, 3.63) is 89.7 Å². The molecule has 0 aliphatic rings. The van der Waals surface area contributed by atoms with Gasteiger partial charge in [-0.25, -0.2) is 0 Å². The van der Waals surface area contributed by atoms with Crippen molar-refractivity contribution in [2.45, 2.75) is 0 Å². The lowest BCUT2D eigenvalue weighted by atomic mass is 10.4. The molecule has 0 saturated heterocycles. The SMILES string of the molecule is Cn1ccccc1=NCCN(CCN=c1ccccn1C)CCN=c1ccccn1C. The maximum atomic E-state index is 4.76. The Labute approximate surface area is 184 Å². The summed E-state index contributed by atoms with van der Waals surface area (Å²) >= 11 is 0. The van der Waals surface area contributed by atoms with Gasteiger partial charge in [0.15, 0.2) is 0 Å². The maximum absolute atomic E-state index is 4.76. The third-order valence-corrected chi connectivity index (χ3v) is 5.15. The molecule has 3 heterocycles. The van der Waals surface area contributed by atoms with Gasteiger partial charge in [0.05, 0.1) is 19.6 Å². The molecule has 0 aromatic carbocycles. The largest absolute Gasteiger partial charge is 0.336 e. The highest BCUT2D eigenvalue weighted by molar-refractivity contribution is 4.93. The normalized spacial score (nSPS) is 13.4. The first-order valence-electron chi connectivity index (χ1n) is 10.7. The van der Waals surface area contributed by atoms with Gasteiger partial charge in [-0.3, -0.25) is 19.9 Å². The number of hydrogen-bond donors (Lipinski definition) is 0. The van der Waals surface area contributed by atoms with E-state index in [0.717, 1.165) is 55.7 Å². The summed E-state index contributed by atoms with van der Waals surface area (Å²) in [5, 5.41) is 0. The van der Waals surface area contributed by atoms with Crippen LogP contribution in [0.15, 0.2) is 88.2 Å². The molecule has 0 N–H and O–H groups in total. The molecule has 0 amide bonds. The first-order valence-corrected chi connectivity index (χ1v) is 10.7. The Morgan fingerprint density at radius 3 is 1.16 bits per heavy atom. The van der Waals surface area contributed by atoms with Crippen molar-refractivity contribution in [2.75, 3.05) is 39.3 Å². The van der Waals surface area contributed by atoms with Crippen LogP contribution in [-0.2, 0) is 21.1 Å². The van der Waals surface area contributed by atoms with Gasteiger partial charge in [-0.05, 0) is 36.4 Å². The van der Waals surface area contributed by atoms with E-state index < -0.39 is 0 Å². The number of aromatic nitrogens is 3. The third-order valence-electron chi connectivity index (χ3n) is 5.15. The van der Waals surface area contributed by atoms with Crippen molar-refractivity contribution in [1.29, 1.82) is 0 Å². The number of aryl methyl sites for hydroxylation is 3. The summed E-state index contributed by atoms with van der Waals surface area (Å²) < 4.78 is 6.12. The van der Waals surface area contributed by atoms with Crippen molar-refractivity contribution >= 4 is 0 Å². The van der Waals surface area contributed by atoms with Crippen LogP contribution >= 0.6 is 0 Å². The Morgan fingerprint density at radius 2 is 0.871 bits per heavy atom. The van der Waals surface area contributed by atoms with Gasteiger partial charge < -0.3 is 13.7 Å². The van der Waals surface area contributed by atoms with Crippen LogP contribution in [0.3, 0.4) is 0 Å². The lowest BCUT2D eigenvalue weighted by molar-refractivity contribution is 0.295. The van der Waals surface area contributed by atoms with Crippen LogP contribution in [-0.4, -0.2) is 57.9 Å². The van der Waals surface area contributed by atoms with Gasteiger partial charge in [-0.2, -0.15) is 0 Å². The Kier molecular flexibility index (Phi) is 8.60. The first kappa shape index (κ1) is 22.5. The molecule has 7 heteroatoms. The fourth-order valence-electron chi connectivity index (χ4n) is 3.29. The van der Waals surface area contributed by atoms with Gasteiger partial charge in [0.25, 0.3) is 0 Å². The summed E-state index contributed by atoms with van der Waals surface area (Å²) in [5.74, 6) is 0. The molecule has 0 saturated carbocycles. The summed E-state index contributed by atoms with van der Waals surface area (Å²) in [5.41, 5.74) is 2.97. The van der Waals surface area contributed by atoms with Crippen LogP contribution in [0.25, 0.3) is 0 Å². The monoisotopic (exact) mass is 419 g/mol. The molecule has 0 bridgehead atoms. The predicted octanol–water partition coefficient (Wildman–Crippen LogP) is 1.11. The lowest BCUT2D eigenvalue weighted by Gasteiger charge is -2.19. The lowest BCUT2D eigenvalue weighted by Crippen LogP contribution is -2.33. The van der Waals surface area contributed by atoms with Crippen LogP contribution < -0.4 is 16.5 Å². The van der Waals surface area contributed by atoms with E-state index in [1.165, 1.54) is 0 Å². The Hall–Kier alpha value is -3.19. The van der Waals surface area contributed by atoms with E-state index in [1.807, 2.05) is 108 Å². The smallest absolute Gasteiger partial charge is 0.127 e. The molecule has 3 aromatic rings. The summed E-state index contributed by atoms with van der Waals surface area (Å²) in [4.78, 5) is 16.7. The molecule has 7 nitrogen and oxygen atoms in total. The van der Waals surface area contributed by atoms with E-state index in [4.69, 9.17) is 15.0 Å². The van der Waals surface area contributed by atoms with Gasteiger partial charge in [0.1, 0.15) is 16.5 Å². The molecule has 0 unspecified atom stereocenters. The van der Waals surface area contributed by atoms with Crippen molar-refractivity contribution in [3.63, 3.8) is 0 Å². The molecule has 0 fully saturated rings. The van der Waals surface area contributed by atoms with Gasteiger partial charge in [-0.1, -0.05) is 18.2 Å². The molecule has 3 aromatic heterocycles. The predicted molar refractivity (Wildman–Crippen MR) is 124 cm³/mol. The van der Waals surface area contributed by atoms with Gasteiger partial charge >= 0.3 is 0 Å². The minimum Gasteiger partial charge on any atom is -0.336 e. The Bertz CT molecular complexity index is 1000. The fraction of sp³-hybridized carbons (Fsp3) is 0.375. The average molecular weight is 420 g/mol. The molecule has 0 aliphatic carbocycles. The second-order valence-corrected chi connectivity index (χ2v) is 7.50. The number of rotatable bonds is 9. The molecular weight excluding hydrogens is 386 g/mol. The fourth-order valence-corrected chi connectivity index (χ4v) is 3.29. The van der Waals surface area contributed by atoms with Crippen molar-refractivity contribution < 1.29 is 0 Å². The molecule has 164 valence electrons. The van der Waals surface area contributed by atoms with Crippen LogP contribution in [0, 0.1) is 0 Å². The maximum Gasteiger partial charge on any atom is 0.127 e. The Morgan fingerprint density at radius 1 is 0.548 bits per heavy atom. The summed E-state index contributed by atoms with van der Waals surface area (Å²) in [6.45, 7) is 4.87. The standard InChI is InChI=1S/C24H33N7/c1-28-16-7-4-10-22(28)25-13-19-31(20-14-26-23-11-5-8-17-29(23)2)21-15-27-24-12-6-9-18-30(24)3/h4-12,16-18H,13-15,19-21H2,1-3H3. The molecule has 0 atom stereocenters. The van der Waals surface area contributed by atoms with Crippen molar-refractivity contribution in [2.24, 2.45) is 36.1 Å². The average Bonchev–Trinajstić information content (AvgIpc) is 2.77. The van der Waals surface area contributed by atoms with Crippen molar-refractivity contribution in [3.8, 4) is 0 Å². The molecular formula is C24H33N7. The van der Waals surface area contributed by atoms with Gasteiger partial charge in [0.2, 0.25) is 0 Å². The summed E-state index contributed by atoms with van der Waals surface area (Å²) in [6, 6.07) is 18.2. The highest BCUT2D eigenvalue weighted by atomic mass is 15.2. The minimum absolute atomic E-state index is 0.746. The minimum atomic E-state index is 0.746. The number of pyridine rings is 3. The molecule has 31 heavy (non-hydrogen) atoms. The zero-order chi connectivity index (χ0) is 21.9. The van der Waals surface area contributed by atoms with Crippen LogP contribution in [0.2, 0.25) is 0 Å². The molecule has 0 aliphatic heterocycles. The second-order valence-electron chi connectivity index (χ2n) is 7.50. The topological polar surface area (TPSA) is 55.1 Å². The highest BCUT2D eigenvalue weighted by Crippen LogP contribution is 1.91. The zero-order valence-corrected chi connectivity index (χ0v) is 18.8. The van der Waals surface area contributed by atoms with Crippen LogP contribution in [0.5, 0.6) is 0 Å². The molecule has 3 rings (SSSR count). The van der Waals surface area contributed by atoms with E-state index >= 15 is 0 Å². The number of hydrogen-bond acceptors (Lipinski definition) is 4. The van der Waals surface area contributed by atoms with Crippen molar-refractivity contribution in [1.82, 2.24) is 18.6 Å². The molecule has 0 radical (unpaired) electrons. The summed E-state index contributed by atoms with van der Waals surface area (Å²) in [6.07, 6.45) is 6.07. The van der Waals surface area contributed by atoms with Crippen LogP contribution in [0.4, 0.5) is 0 Å². The Balaban J connectivity index is 1.65. The zero-order valence-electron chi connectivity index (χ0n) is 18.8. The third kappa shape index (κ3) is 7.22. The second kappa shape index (κ2) is 11.9. The van der Waals surface area contributed by atoms with E-state index in [9.17, 15) is 0 Å². The molecule has 0 spiro atoms. The van der Waals surface area contributed by atoms with Crippen LogP contribution in [0.1, 0.15) is 0 Å². The van der Waals surface area contributed by atoms with E-state index in [-0.39, 0.29) is 0 Å². The first-order chi connectivity index (χ1) is 15.1. The van der Waals surface area contributed by atoms with E-state index in [2.05, 4.69) is 4.90 Å². The van der Waals surface area contributed by atoms with Gasteiger partial charge in [0, 0.05) is 59.4 Å².